The van der Waals surface area contributed by atoms with Crippen LogP contribution >= 0.6 is 0 Å². The van der Waals surface area contributed by atoms with E-state index in [-0.39, 0.29) is 5.56 Å². The Morgan fingerprint density at radius 1 is 1.00 bits per heavy atom. The third kappa shape index (κ3) is 7.78. The predicted molar refractivity (Wildman–Crippen MR) is 129 cm³/mol. The summed E-state index contributed by atoms with van der Waals surface area (Å²) in [5, 5.41) is 13.4. The van der Waals surface area contributed by atoms with Gasteiger partial charge in [0.25, 0.3) is 17.7 Å². The summed E-state index contributed by atoms with van der Waals surface area (Å²) in [6.07, 6.45) is 2.03. The van der Waals surface area contributed by atoms with Crippen molar-refractivity contribution >= 4 is 17.7 Å². The highest BCUT2D eigenvalue weighted by Crippen LogP contribution is 2.23. The smallest absolute Gasteiger partial charge is 0.275 e. The minimum Gasteiger partial charge on any atom is -0.494 e. The molecule has 35 heavy (non-hydrogen) atoms. The summed E-state index contributed by atoms with van der Waals surface area (Å²) in [6, 6.07) is 12.9. The molecule has 2 aromatic carbocycles. The standard InChI is InChI=1S/C25H32N4O6/c1-26-24(31)22(25(32)28-33)27-23(30)20-6-4-18(5-7-20)19-8-10-21(11-9-19)35-16-3-13-29-12-2-15-34-17-14-29/h4-11,22,33H,2-3,12-17H2,1H3,(H,26,31)(H,27,30)(H,28,32). The van der Waals surface area contributed by atoms with Crippen molar-refractivity contribution in [1.29, 1.82) is 0 Å². The van der Waals surface area contributed by atoms with Crippen LogP contribution in [-0.2, 0) is 14.3 Å². The second-order valence-electron chi connectivity index (χ2n) is 8.11. The van der Waals surface area contributed by atoms with E-state index in [0.29, 0.717) is 6.61 Å². The molecule has 1 aliphatic heterocycles. The lowest BCUT2D eigenvalue weighted by Gasteiger charge is -2.18. The molecule has 0 bridgehead atoms. The summed E-state index contributed by atoms with van der Waals surface area (Å²) in [5.74, 6) is -1.61. The Balaban J connectivity index is 1.50. The first-order chi connectivity index (χ1) is 17.0. The van der Waals surface area contributed by atoms with Gasteiger partial charge < -0.3 is 25.0 Å². The Morgan fingerprint density at radius 2 is 1.69 bits per heavy atom. The van der Waals surface area contributed by atoms with Crippen LogP contribution in [0.25, 0.3) is 11.1 Å². The summed E-state index contributed by atoms with van der Waals surface area (Å²) in [7, 11) is 1.32. The number of likely N-dealkylation sites (N-methyl/N-ethyl adjacent to an activating group) is 1. The summed E-state index contributed by atoms with van der Waals surface area (Å²) in [6.45, 7) is 5.33. The summed E-state index contributed by atoms with van der Waals surface area (Å²) >= 11 is 0. The molecule has 10 heteroatoms. The van der Waals surface area contributed by atoms with Gasteiger partial charge >= 0.3 is 0 Å². The molecule has 4 N–H and O–H groups in total. The fourth-order valence-corrected chi connectivity index (χ4v) is 3.73. The molecule has 0 radical (unpaired) electrons. The number of hydroxylamine groups is 1. The van der Waals surface area contributed by atoms with Gasteiger partial charge in [-0.3, -0.25) is 19.6 Å². The number of hydrogen-bond acceptors (Lipinski definition) is 7. The van der Waals surface area contributed by atoms with Gasteiger partial charge in [0.05, 0.1) is 13.2 Å². The molecule has 0 aromatic heterocycles. The molecule has 1 saturated heterocycles. The molecule has 0 aliphatic carbocycles. The molecule has 1 aliphatic rings. The van der Waals surface area contributed by atoms with E-state index in [4.69, 9.17) is 14.7 Å². The highest BCUT2D eigenvalue weighted by atomic mass is 16.5. The fraction of sp³-hybridized carbons (Fsp3) is 0.400. The monoisotopic (exact) mass is 484 g/mol. The van der Waals surface area contributed by atoms with E-state index in [9.17, 15) is 14.4 Å². The van der Waals surface area contributed by atoms with Crippen LogP contribution in [0, 0.1) is 0 Å². The van der Waals surface area contributed by atoms with E-state index < -0.39 is 23.8 Å². The first-order valence-corrected chi connectivity index (χ1v) is 11.6. The Bertz CT molecular complexity index is 956. The maximum absolute atomic E-state index is 12.5. The molecule has 188 valence electrons. The molecule has 10 nitrogen and oxygen atoms in total. The van der Waals surface area contributed by atoms with E-state index in [0.717, 1.165) is 62.6 Å². The van der Waals surface area contributed by atoms with Crippen LogP contribution in [-0.4, -0.2) is 80.4 Å². The summed E-state index contributed by atoms with van der Waals surface area (Å²) in [5.41, 5.74) is 3.49. The predicted octanol–water partition coefficient (Wildman–Crippen LogP) is 1.19. The second kappa shape index (κ2) is 13.4. The van der Waals surface area contributed by atoms with E-state index in [1.54, 1.807) is 24.3 Å². The Kier molecular flexibility index (Phi) is 10.0. The molecule has 1 fully saturated rings. The number of carbonyl (C=O) groups excluding carboxylic acids is 3. The molecular weight excluding hydrogens is 452 g/mol. The number of benzene rings is 2. The van der Waals surface area contributed by atoms with Crippen LogP contribution in [0.3, 0.4) is 0 Å². The van der Waals surface area contributed by atoms with E-state index in [1.807, 2.05) is 24.3 Å². The van der Waals surface area contributed by atoms with Crippen molar-refractivity contribution in [2.24, 2.45) is 0 Å². The van der Waals surface area contributed by atoms with Gasteiger partial charge in [0, 0.05) is 38.9 Å². The van der Waals surface area contributed by atoms with Crippen molar-refractivity contribution in [3.63, 3.8) is 0 Å². The third-order valence-electron chi connectivity index (χ3n) is 5.69. The zero-order valence-electron chi connectivity index (χ0n) is 19.8. The van der Waals surface area contributed by atoms with Crippen molar-refractivity contribution in [2.45, 2.75) is 18.9 Å². The molecule has 1 atom stereocenters. The third-order valence-corrected chi connectivity index (χ3v) is 5.69. The van der Waals surface area contributed by atoms with Gasteiger partial charge in [-0.1, -0.05) is 24.3 Å². The number of nitrogens with zero attached hydrogens (tertiary/aromatic N) is 1. The Labute approximate surface area is 204 Å². The van der Waals surface area contributed by atoms with Crippen molar-refractivity contribution in [3.05, 3.63) is 54.1 Å². The van der Waals surface area contributed by atoms with Gasteiger partial charge in [-0.25, -0.2) is 5.48 Å². The van der Waals surface area contributed by atoms with Crippen LogP contribution in [0.2, 0.25) is 0 Å². The minimum absolute atomic E-state index is 0.268. The van der Waals surface area contributed by atoms with Gasteiger partial charge in [0.1, 0.15) is 5.75 Å². The molecule has 0 saturated carbocycles. The minimum atomic E-state index is -1.55. The zero-order chi connectivity index (χ0) is 25.0. The van der Waals surface area contributed by atoms with E-state index in [2.05, 4.69) is 15.5 Å². The average molecular weight is 485 g/mol. The van der Waals surface area contributed by atoms with E-state index >= 15 is 0 Å². The lowest BCUT2D eigenvalue weighted by atomic mass is 10.0. The number of carbonyl (C=O) groups is 3. The lowest BCUT2D eigenvalue weighted by Crippen LogP contribution is -2.54. The van der Waals surface area contributed by atoms with Crippen LogP contribution < -0.4 is 20.9 Å². The van der Waals surface area contributed by atoms with Crippen molar-refractivity contribution < 1.29 is 29.1 Å². The summed E-state index contributed by atoms with van der Waals surface area (Å²) in [4.78, 5) is 38.3. The lowest BCUT2D eigenvalue weighted by molar-refractivity contribution is -0.137. The number of rotatable bonds is 10. The van der Waals surface area contributed by atoms with Crippen molar-refractivity contribution in [3.8, 4) is 16.9 Å². The second-order valence-corrected chi connectivity index (χ2v) is 8.11. The number of hydrogen-bond donors (Lipinski definition) is 4. The van der Waals surface area contributed by atoms with Gasteiger partial charge in [-0.15, -0.1) is 0 Å². The number of amides is 3. The van der Waals surface area contributed by atoms with Gasteiger partial charge in [0.15, 0.2) is 6.04 Å². The Hall–Kier alpha value is -3.47. The SMILES string of the molecule is CNC(=O)C(NC(=O)c1ccc(-c2ccc(OCCCN3CCCOCC3)cc2)cc1)C(=O)NO. The molecule has 0 spiro atoms. The van der Waals surface area contributed by atoms with Gasteiger partial charge in [-0.2, -0.15) is 0 Å². The van der Waals surface area contributed by atoms with Crippen LogP contribution in [0.1, 0.15) is 23.2 Å². The fourth-order valence-electron chi connectivity index (χ4n) is 3.73. The van der Waals surface area contributed by atoms with Crippen LogP contribution in [0.4, 0.5) is 0 Å². The van der Waals surface area contributed by atoms with Crippen LogP contribution in [0.15, 0.2) is 48.5 Å². The van der Waals surface area contributed by atoms with Crippen molar-refractivity contribution in [1.82, 2.24) is 21.0 Å². The quantitative estimate of drug-likeness (QED) is 0.173. The molecular formula is C25H32N4O6. The first kappa shape index (κ1) is 26.1. The van der Waals surface area contributed by atoms with Crippen LogP contribution in [0.5, 0.6) is 5.75 Å². The molecule has 3 amide bonds. The molecule has 3 rings (SSSR count). The molecule has 2 aromatic rings. The molecule has 1 heterocycles. The maximum atomic E-state index is 12.5. The van der Waals surface area contributed by atoms with E-state index in [1.165, 1.54) is 12.5 Å². The topological polar surface area (TPSA) is 129 Å². The van der Waals surface area contributed by atoms with Gasteiger partial charge in [0.2, 0.25) is 0 Å². The highest BCUT2D eigenvalue weighted by Gasteiger charge is 2.27. The summed E-state index contributed by atoms with van der Waals surface area (Å²) < 4.78 is 11.3. The molecule has 1 unspecified atom stereocenters. The largest absolute Gasteiger partial charge is 0.494 e. The first-order valence-electron chi connectivity index (χ1n) is 11.6. The Morgan fingerprint density at radius 3 is 2.34 bits per heavy atom. The zero-order valence-corrected chi connectivity index (χ0v) is 19.8. The number of ether oxygens (including phenoxy) is 2. The van der Waals surface area contributed by atoms with Crippen molar-refractivity contribution in [2.75, 3.05) is 46.5 Å². The normalized spacial score (nSPS) is 14.9. The maximum Gasteiger partial charge on any atom is 0.275 e. The average Bonchev–Trinajstić information content (AvgIpc) is 3.18. The van der Waals surface area contributed by atoms with Gasteiger partial charge in [-0.05, 0) is 48.2 Å². The highest BCUT2D eigenvalue weighted by molar-refractivity contribution is 6.08. The number of nitrogens with one attached hydrogen (secondary N) is 3.